The van der Waals surface area contributed by atoms with Crippen LogP contribution < -0.4 is 5.32 Å². The second-order valence-corrected chi connectivity index (χ2v) is 8.50. The van der Waals surface area contributed by atoms with Crippen molar-refractivity contribution in [3.63, 3.8) is 0 Å². The molecule has 1 N–H and O–H groups in total. The first-order valence-corrected chi connectivity index (χ1v) is 10.3. The third kappa shape index (κ3) is 4.46. The normalized spacial score (nSPS) is 18.0. The van der Waals surface area contributed by atoms with Crippen molar-refractivity contribution in [2.24, 2.45) is 4.99 Å². The fourth-order valence-corrected chi connectivity index (χ4v) is 4.25. The first-order chi connectivity index (χ1) is 13.3. The summed E-state index contributed by atoms with van der Waals surface area (Å²) in [7, 11) is 1.62. The minimum atomic E-state index is -0.568. The molecule has 2 aromatic carbocycles. The van der Waals surface area contributed by atoms with E-state index in [-0.39, 0.29) is 18.2 Å². The fraction of sp³-hybridized carbons (Fsp3) is 0.211. The lowest BCUT2D eigenvalue weighted by molar-refractivity contribution is -0.127. The number of anilines is 1. The van der Waals surface area contributed by atoms with Crippen molar-refractivity contribution in [2.75, 3.05) is 12.4 Å². The van der Waals surface area contributed by atoms with E-state index in [2.05, 4.69) is 10.3 Å². The molecule has 146 valence electrons. The number of rotatable bonds is 4. The molecule has 1 aliphatic heterocycles. The van der Waals surface area contributed by atoms with E-state index in [1.807, 2.05) is 6.92 Å². The Bertz CT molecular complexity index is 981. The highest BCUT2D eigenvalue weighted by molar-refractivity contribution is 8.15. The second kappa shape index (κ2) is 8.74. The molecule has 2 aromatic rings. The van der Waals surface area contributed by atoms with Gasteiger partial charge < -0.3 is 5.32 Å². The molecule has 0 aromatic heterocycles. The molecule has 5 nitrogen and oxygen atoms in total. The predicted molar refractivity (Wildman–Crippen MR) is 117 cm³/mol. The number of aliphatic imine (C=N–C) groups is 1. The largest absolute Gasteiger partial charge is 0.326 e. The van der Waals surface area contributed by atoms with E-state index in [1.54, 1.807) is 43.4 Å². The van der Waals surface area contributed by atoms with Crippen molar-refractivity contribution in [2.45, 2.75) is 18.6 Å². The van der Waals surface area contributed by atoms with Gasteiger partial charge >= 0.3 is 0 Å². The number of hydrogen-bond donors (Lipinski definition) is 1. The zero-order chi connectivity index (χ0) is 20.4. The van der Waals surface area contributed by atoms with Crippen molar-refractivity contribution < 1.29 is 9.59 Å². The molecule has 0 spiro atoms. The lowest BCUT2D eigenvalue weighted by Crippen LogP contribution is -2.30. The smallest absolute Gasteiger partial charge is 0.242 e. The van der Waals surface area contributed by atoms with E-state index in [4.69, 9.17) is 34.8 Å². The Balaban J connectivity index is 1.73. The number of nitrogens with zero attached hydrogens (tertiary/aromatic N) is 2. The zero-order valence-corrected chi connectivity index (χ0v) is 18.1. The monoisotopic (exact) mass is 455 g/mol. The molecule has 1 aliphatic rings. The molecule has 28 heavy (non-hydrogen) atoms. The Morgan fingerprint density at radius 1 is 1.18 bits per heavy atom. The summed E-state index contributed by atoms with van der Waals surface area (Å²) in [5.74, 6) is -0.466. The fourth-order valence-electron chi connectivity index (χ4n) is 2.59. The van der Waals surface area contributed by atoms with Crippen LogP contribution in [0.25, 0.3) is 0 Å². The molecular weight excluding hydrogens is 441 g/mol. The summed E-state index contributed by atoms with van der Waals surface area (Å²) in [6.07, 6.45) is 0.0160. The number of carbonyl (C=O) groups excluding carboxylic acids is 2. The average molecular weight is 457 g/mol. The molecule has 1 heterocycles. The number of amidine groups is 1. The van der Waals surface area contributed by atoms with Crippen LogP contribution in [0.1, 0.15) is 12.0 Å². The minimum Gasteiger partial charge on any atom is -0.326 e. The van der Waals surface area contributed by atoms with Gasteiger partial charge in [-0.15, -0.1) is 0 Å². The van der Waals surface area contributed by atoms with Gasteiger partial charge in [0, 0.05) is 24.2 Å². The third-order valence-corrected chi connectivity index (χ3v) is 6.65. The van der Waals surface area contributed by atoms with Gasteiger partial charge in [-0.05, 0) is 36.8 Å². The van der Waals surface area contributed by atoms with Gasteiger partial charge in [-0.1, -0.05) is 58.7 Å². The van der Waals surface area contributed by atoms with Gasteiger partial charge in [0.25, 0.3) is 0 Å². The number of nitrogens with one attached hydrogen (secondary N) is 1. The van der Waals surface area contributed by atoms with Crippen molar-refractivity contribution in [3.8, 4) is 0 Å². The van der Waals surface area contributed by atoms with Crippen molar-refractivity contribution >= 4 is 74.9 Å². The SMILES string of the molecule is Cc1c(Cl)cccc1NC(=O)C[C@@H]1SC(=Nc2cccc(Cl)c2Cl)N(C)C1=O. The Hall–Kier alpha value is -1.73. The first-order valence-electron chi connectivity index (χ1n) is 8.30. The van der Waals surface area contributed by atoms with E-state index in [0.717, 1.165) is 5.56 Å². The van der Waals surface area contributed by atoms with Gasteiger partial charge in [0.05, 0.1) is 15.7 Å². The molecule has 1 saturated heterocycles. The Kier molecular flexibility index (Phi) is 6.55. The Morgan fingerprint density at radius 3 is 2.61 bits per heavy atom. The molecule has 2 amide bonds. The standard InChI is InChI=1S/C19H16Cl3N3O2S/c1-10-11(20)5-3-7-13(10)23-16(26)9-15-18(27)25(2)19(28-15)24-14-8-4-6-12(21)17(14)22/h3-8,15H,9H2,1-2H3,(H,23,26)/t15-/m0/s1. The van der Waals surface area contributed by atoms with Gasteiger partial charge in [0.15, 0.2) is 5.17 Å². The van der Waals surface area contributed by atoms with E-state index in [1.165, 1.54) is 16.7 Å². The molecular formula is C19H16Cl3N3O2S. The summed E-state index contributed by atoms with van der Waals surface area (Å²) < 4.78 is 0. The molecule has 0 bridgehead atoms. The van der Waals surface area contributed by atoms with Gasteiger partial charge in [-0.2, -0.15) is 0 Å². The van der Waals surface area contributed by atoms with Crippen LogP contribution in [0, 0.1) is 6.92 Å². The summed E-state index contributed by atoms with van der Waals surface area (Å²) in [5.41, 5.74) is 1.87. The van der Waals surface area contributed by atoms with Crippen LogP contribution >= 0.6 is 46.6 Å². The van der Waals surface area contributed by atoms with Gasteiger partial charge in [-0.3, -0.25) is 14.5 Å². The van der Waals surface area contributed by atoms with Crippen molar-refractivity contribution in [1.29, 1.82) is 0 Å². The summed E-state index contributed by atoms with van der Waals surface area (Å²) in [5, 5.41) is 3.97. The number of halogens is 3. The Morgan fingerprint density at radius 2 is 1.86 bits per heavy atom. The van der Waals surface area contributed by atoms with Gasteiger partial charge in [0.1, 0.15) is 5.25 Å². The molecule has 1 atom stereocenters. The van der Waals surface area contributed by atoms with E-state index in [9.17, 15) is 9.59 Å². The molecule has 0 radical (unpaired) electrons. The minimum absolute atomic E-state index is 0.0160. The maximum Gasteiger partial charge on any atom is 0.242 e. The van der Waals surface area contributed by atoms with Crippen LogP contribution in [0.4, 0.5) is 11.4 Å². The molecule has 1 fully saturated rings. The number of amides is 2. The molecule has 3 rings (SSSR count). The van der Waals surface area contributed by atoms with Crippen LogP contribution in [0.15, 0.2) is 41.4 Å². The van der Waals surface area contributed by atoms with E-state index < -0.39 is 5.25 Å². The topological polar surface area (TPSA) is 61.8 Å². The molecule has 0 saturated carbocycles. The summed E-state index contributed by atoms with van der Waals surface area (Å²) >= 11 is 19.5. The molecule has 0 aliphatic carbocycles. The predicted octanol–water partition coefficient (Wildman–Crippen LogP) is 5.55. The highest BCUT2D eigenvalue weighted by atomic mass is 35.5. The van der Waals surface area contributed by atoms with E-state index in [0.29, 0.717) is 31.6 Å². The van der Waals surface area contributed by atoms with Crippen LogP contribution in [0.5, 0.6) is 0 Å². The van der Waals surface area contributed by atoms with Crippen LogP contribution in [-0.4, -0.2) is 34.2 Å². The summed E-state index contributed by atoms with van der Waals surface area (Å²) in [6, 6.07) is 10.4. The van der Waals surface area contributed by atoms with Gasteiger partial charge in [0.2, 0.25) is 11.8 Å². The number of benzene rings is 2. The van der Waals surface area contributed by atoms with Crippen LogP contribution in [0.3, 0.4) is 0 Å². The zero-order valence-electron chi connectivity index (χ0n) is 15.0. The summed E-state index contributed by atoms with van der Waals surface area (Å²) in [4.78, 5) is 30.8. The maximum atomic E-state index is 12.5. The first kappa shape index (κ1) is 21.0. The van der Waals surface area contributed by atoms with Crippen LogP contribution in [-0.2, 0) is 9.59 Å². The van der Waals surface area contributed by atoms with E-state index >= 15 is 0 Å². The highest BCUT2D eigenvalue weighted by Crippen LogP contribution is 2.36. The molecule has 9 heteroatoms. The highest BCUT2D eigenvalue weighted by Gasteiger charge is 2.37. The Labute approximate surface area is 182 Å². The second-order valence-electron chi connectivity index (χ2n) is 6.14. The van der Waals surface area contributed by atoms with Crippen molar-refractivity contribution in [1.82, 2.24) is 4.90 Å². The third-order valence-electron chi connectivity index (χ3n) is 4.20. The van der Waals surface area contributed by atoms with Crippen LogP contribution in [0.2, 0.25) is 15.1 Å². The molecule has 0 unspecified atom stereocenters. The number of carbonyl (C=O) groups is 2. The average Bonchev–Trinajstić information content (AvgIpc) is 2.91. The van der Waals surface area contributed by atoms with Gasteiger partial charge in [-0.25, -0.2) is 4.99 Å². The summed E-state index contributed by atoms with van der Waals surface area (Å²) in [6.45, 7) is 1.82. The maximum absolute atomic E-state index is 12.5. The quantitative estimate of drug-likeness (QED) is 0.656. The lowest BCUT2D eigenvalue weighted by Gasteiger charge is -2.11. The number of thioether (sulfide) groups is 1. The lowest BCUT2D eigenvalue weighted by atomic mass is 10.2. The number of hydrogen-bond acceptors (Lipinski definition) is 4. The van der Waals surface area contributed by atoms with Crippen molar-refractivity contribution in [3.05, 3.63) is 57.0 Å².